The lowest BCUT2D eigenvalue weighted by Crippen LogP contribution is -2.28. The van der Waals surface area contributed by atoms with Crippen LogP contribution in [0.3, 0.4) is 0 Å². The number of amides is 2. The number of nitrogens with one attached hydrogen (secondary N) is 2. The molecular weight excluding hydrogens is 402 g/mol. The van der Waals surface area contributed by atoms with Crippen molar-refractivity contribution in [2.45, 2.75) is 42.4 Å². The van der Waals surface area contributed by atoms with Gasteiger partial charge in [-0.05, 0) is 49.2 Å². The number of hydrogen-bond donors (Lipinski definition) is 2. The Morgan fingerprint density at radius 2 is 1.83 bits per heavy atom. The molecule has 2 aromatic heterocycles. The largest absolute Gasteiger partial charge is 0.334 e. The first-order chi connectivity index (χ1) is 14.5. The van der Waals surface area contributed by atoms with Crippen molar-refractivity contribution >= 4 is 21.6 Å². The highest BCUT2D eigenvalue weighted by Gasteiger charge is 2.30. The van der Waals surface area contributed by atoms with Crippen LogP contribution in [-0.2, 0) is 16.4 Å². The van der Waals surface area contributed by atoms with E-state index in [4.69, 9.17) is 0 Å². The van der Waals surface area contributed by atoms with E-state index in [1.165, 1.54) is 0 Å². The second kappa shape index (κ2) is 8.66. The highest BCUT2D eigenvalue weighted by molar-refractivity contribution is 7.92. The van der Waals surface area contributed by atoms with Crippen LogP contribution in [0, 0.1) is 0 Å². The molecule has 0 aliphatic heterocycles. The van der Waals surface area contributed by atoms with Gasteiger partial charge in [0.15, 0.2) is 15.7 Å². The summed E-state index contributed by atoms with van der Waals surface area (Å²) >= 11 is 0. The molecule has 0 spiro atoms. The van der Waals surface area contributed by atoms with Crippen LogP contribution < -0.4 is 10.6 Å². The van der Waals surface area contributed by atoms with Crippen LogP contribution >= 0.6 is 0 Å². The summed E-state index contributed by atoms with van der Waals surface area (Å²) in [5, 5.41) is 9.40. The monoisotopic (exact) mass is 425 g/mol. The molecular formula is C21H23N5O3S. The van der Waals surface area contributed by atoms with Crippen molar-refractivity contribution in [3.8, 4) is 5.82 Å². The van der Waals surface area contributed by atoms with Gasteiger partial charge in [0.25, 0.3) is 0 Å². The van der Waals surface area contributed by atoms with Crippen molar-refractivity contribution in [3.05, 3.63) is 66.6 Å². The number of benzene rings is 1. The van der Waals surface area contributed by atoms with E-state index in [9.17, 15) is 13.2 Å². The number of nitrogens with zero attached hydrogens (tertiary/aromatic N) is 3. The van der Waals surface area contributed by atoms with E-state index in [1.807, 2.05) is 6.07 Å². The summed E-state index contributed by atoms with van der Waals surface area (Å²) in [7, 11) is -3.30. The first kappa shape index (κ1) is 20.1. The molecule has 0 saturated heterocycles. The number of urea groups is 1. The summed E-state index contributed by atoms with van der Waals surface area (Å²) in [6.45, 7) is 0.267. The molecule has 2 heterocycles. The van der Waals surface area contributed by atoms with Crippen LogP contribution in [0.5, 0.6) is 0 Å². The average molecular weight is 426 g/mol. The van der Waals surface area contributed by atoms with Gasteiger partial charge in [-0.1, -0.05) is 18.9 Å². The zero-order valence-electron chi connectivity index (χ0n) is 16.4. The Bertz CT molecular complexity index is 1110. The molecule has 30 heavy (non-hydrogen) atoms. The molecule has 0 bridgehead atoms. The molecule has 2 amide bonds. The van der Waals surface area contributed by atoms with E-state index < -0.39 is 15.9 Å². The Morgan fingerprint density at radius 1 is 1.07 bits per heavy atom. The van der Waals surface area contributed by atoms with Crippen LogP contribution in [0.15, 0.2) is 66.0 Å². The van der Waals surface area contributed by atoms with Crippen molar-refractivity contribution in [3.63, 3.8) is 0 Å². The molecule has 4 rings (SSSR count). The number of carbonyl (C=O) groups is 1. The first-order valence-electron chi connectivity index (χ1n) is 9.87. The minimum Gasteiger partial charge on any atom is -0.334 e. The molecule has 1 aliphatic carbocycles. The fourth-order valence-electron chi connectivity index (χ4n) is 3.64. The minimum absolute atomic E-state index is 0.267. The molecule has 0 unspecified atom stereocenters. The second-order valence-corrected chi connectivity index (χ2v) is 9.45. The van der Waals surface area contributed by atoms with Crippen LogP contribution in [0.1, 0.15) is 31.2 Å². The number of anilines is 1. The van der Waals surface area contributed by atoms with Crippen molar-refractivity contribution in [1.82, 2.24) is 20.1 Å². The number of sulfone groups is 1. The molecule has 2 N–H and O–H groups in total. The van der Waals surface area contributed by atoms with Crippen molar-refractivity contribution in [1.29, 1.82) is 0 Å². The van der Waals surface area contributed by atoms with Gasteiger partial charge >= 0.3 is 6.03 Å². The van der Waals surface area contributed by atoms with E-state index >= 15 is 0 Å². The number of carbonyl (C=O) groups excluding carboxylic acids is 1. The minimum atomic E-state index is -3.30. The maximum absolute atomic E-state index is 12.6. The number of aromatic nitrogens is 3. The zero-order chi connectivity index (χ0) is 21.0. The SMILES string of the molecule is O=C(NCc1cccnc1-n1cccn1)Nc1ccc(S(=O)(=O)C2CCCC2)cc1. The zero-order valence-corrected chi connectivity index (χ0v) is 17.2. The molecule has 0 radical (unpaired) electrons. The van der Waals surface area contributed by atoms with Gasteiger partial charge in [-0.25, -0.2) is 22.9 Å². The summed E-state index contributed by atoms with van der Waals surface area (Å²) in [4.78, 5) is 16.9. The summed E-state index contributed by atoms with van der Waals surface area (Å²) in [6.07, 6.45) is 8.48. The Labute approximate surface area is 175 Å². The lowest BCUT2D eigenvalue weighted by Gasteiger charge is -2.13. The maximum atomic E-state index is 12.6. The Kier molecular flexibility index (Phi) is 5.80. The molecule has 8 nitrogen and oxygen atoms in total. The van der Waals surface area contributed by atoms with Crippen LogP contribution in [0.25, 0.3) is 5.82 Å². The van der Waals surface area contributed by atoms with E-state index in [2.05, 4.69) is 20.7 Å². The van der Waals surface area contributed by atoms with Gasteiger partial charge in [-0.15, -0.1) is 0 Å². The lowest BCUT2D eigenvalue weighted by atomic mass is 10.2. The van der Waals surface area contributed by atoms with Gasteiger partial charge < -0.3 is 10.6 Å². The number of rotatable bonds is 6. The Balaban J connectivity index is 1.37. The topological polar surface area (TPSA) is 106 Å². The third kappa shape index (κ3) is 4.35. The molecule has 1 fully saturated rings. The Morgan fingerprint density at radius 3 is 2.53 bits per heavy atom. The van der Waals surface area contributed by atoms with Crippen LogP contribution in [-0.4, -0.2) is 34.5 Å². The van der Waals surface area contributed by atoms with Crippen molar-refractivity contribution in [2.75, 3.05) is 5.32 Å². The molecule has 0 atom stereocenters. The number of hydrogen-bond acceptors (Lipinski definition) is 5. The third-order valence-electron chi connectivity index (χ3n) is 5.21. The fourth-order valence-corrected chi connectivity index (χ4v) is 5.49. The summed E-state index contributed by atoms with van der Waals surface area (Å²) in [5.41, 5.74) is 1.34. The van der Waals surface area contributed by atoms with Crippen molar-refractivity contribution < 1.29 is 13.2 Å². The van der Waals surface area contributed by atoms with Crippen LogP contribution in [0.4, 0.5) is 10.5 Å². The smallest absolute Gasteiger partial charge is 0.319 e. The highest BCUT2D eigenvalue weighted by Crippen LogP contribution is 2.30. The molecule has 1 aromatic carbocycles. The van der Waals surface area contributed by atoms with Gasteiger partial charge in [0.05, 0.1) is 10.1 Å². The van der Waals surface area contributed by atoms with E-state index in [1.54, 1.807) is 59.7 Å². The van der Waals surface area contributed by atoms with Gasteiger partial charge in [-0.2, -0.15) is 5.10 Å². The van der Waals surface area contributed by atoms with Gasteiger partial charge in [0.2, 0.25) is 0 Å². The van der Waals surface area contributed by atoms with E-state index in [-0.39, 0.29) is 11.8 Å². The van der Waals surface area contributed by atoms with Crippen molar-refractivity contribution in [2.24, 2.45) is 0 Å². The quantitative estimate of drug-likeness (QED) is 0.630. The van der Waals surface area contributed by atoms with Crippen LogP contribution in [0.2, 0.25) is 0 Å². The van der Waals surface area contributed by atoms with Gasteiger partial charge in [-0.3, -0.25) is 0 Å². The molecule has 156 valence electrons. The lowest BCUT2D eigenvalue weighted by molar-refractivity contribution is 0.251. The summed E-state index contributed by atoms with van der Waals surface area (Å²) < 4.78 is 26.9. The molecule has 9 heteroatoms. The predicted octanol–water partition coefficient (Wildman–Crippen LogP) is 3.31. The molecule has 1 saturated carbocycles. The van der Waals surface area contributed by atoms with E-state index in [0.29, 0.717) is 16.4 Å². The second-order valence-electron chi connectivity index (χ2n) is 7.22. The number of pyridine rings is 1. The molecule has 3 aromatic rings. The normalized spacial score (nSPS) is 14.5. The highest BCUT2D eigenvalue weighted by atomic mass is 32.2. The summed E-state index contributed by atoms with van der Waals surface area (Å²) in [6, 6.07) is 11.4. The standard InChI is InChI=1S/C21H23N5O3S/c27-21(23-15-16-5-3-12-22-20(16)26-14-4-13-24-26)25-17-8-10-19(11-9-17)30(28,29)18-6-1-2-7-18/h3-5,8-14,18H,1-2,6-7,15H2,(H2,23,25,27). The predicted molar refractivity (Wildman–Crippen MR) is 113 cm³/mol. The average Bonchev–Trinajstić information content (AvgIpc) is 3.47. The summed E-state index contributed by atoms with van der Waals surface area (Å²) in [5.74, 6) is 0.643. The van der Waals surface area contributed by atoms with Gasteiger partial charge in [0.1, 0.15) is 0 Å². The third-order valence-corrected chi connectivity index (χ3v) is 7.49. The first-order valence-corrected chi connectivity index (χ1v) is 11.4. The van der Waals surface area contributed by atoms with Gasteiger partial charge in [0, 0.05) is 36.4 Å². The fraction of sp³-hybridized carbons (Fsp3) is 0.286. The molecule has 1 aliphatic rings. The Hall–Kier alpha value is -3.20. The maximum Gasteiger partial charge on any atom is 0.319 e. The van der Waals surface area contributed by atoms with E-state index in [0.717, 1.165) is 31.2 Å².